The predicted octanol–water partition coefficient (Wildman–Crippen LogP) is 5.55. The van der Waals surface area contributed by atoms with Crippen LogP contribution in [-0.4, -0.2) is 23.3 Å². The van der Waals surface area contributed by atoms with E-state index >= 15 is 0 Å². The molecule has 6 heteroatoms. The summed E-state index contributed by atoms with van der Waals surface area (Å²) in [5.74, 6) is 1.09. The Hall–Kier alpha value is -3.33. The van der Waals surface area contributed by atoms with Crippen LogP contribution in [0.1, 0.15) is 23.1 Å². The van der Waals surface area contributed by atoms with Gasteiger partial charge in [0.2, 0.25) is 5.89 Å². The number of hydrogen-bond acceptors (Lipinski definition) is 5. The van der Waals surface area contributed by atoms with Crippen molar-refractivity contribution in [3.8, 4) is 34.4 Å². The van der Waals surface area contributed by atoms with Crippen molar-refractivity contribution in [1.29, 1.82) is 5.26 Å². The topological polar surface area (TPSA) is 79.3 Å². The number of ether oxygens (including phenoxy) is 1. The lowest BCUT2D eigenvalue weighted by Crippen LogP contribution is -2.01. The van der Waals surface area contributed by atoms with E-state index in [1.807, 2.05) is 48.5 Å². The molecule has 0 atom stereocenters. The lowest BCUT2D eigenvalue weighted by Gasteiger charge is -2.09. The van der Waals surface area contributed by atoms with Crippen molar-refractivity contribution in [3.05, 3.63) is 70.2 Å². The van der Waals surface area contributed by atoms with Crippen LogP contribution in [0.2, 0.25) is 5.02 Å². The molecular formula is C25H19ClN2O3. The third kappa shape index (κ3) is 3.44. The van der Waals surface area contributed by atoms with Crippen LogP contribution in [0.3, 0.4) is 0 Å². The van der Waals surface area contributed by atoms with Gasteiger partial charge in [-0.15, -0.1) is 0 Å². The Balaban J connectivity index is 1.56. The van der Waals surface area contributed by atoms with Gasteiger partial charge < -0.3 is 14.3 Å². The van der Waals surface area contributed by atoms with Crippen molar-refractivity contribution in [2.24, 2.45) is 0 Å². The molecule has 1 aliphatic rings. The molecular weight excluding hydrogens is 412 g/mol. The van der Waals surface area contributed by atoms with Crippen LogP contribution in [0.25, 0.3) is 33.7 Å². The molecule has 0 saturated carbocycles. The number of oxazole rings is 1. The number of aliphatic hydroxyl groups excluding tert-OH is 1. The average molecular weight is 431 g/mol. The third-order valence-electron chi connectivity index (χ3n) is 5.62. The molecule has 3 aromatic carbocycles. The molecule has 0 aliphatic heterocycles. The van der Waals surface area contributed by atoms with Crippen molar-refractivity contribution in [2.45, 2.75) is 19.3 Å². The maximum absolute atomic E-state index is 9.72. The van der Waals surface area contributed by atoms with Crippen molar-refractivity contribution < 1.29 is 14.3 Å². The molecule has 4 aromatic rings. The van der Waals surface area contributed by atoms with E-state index in [-0.39, 0.29) is 13.2 Å². The van der Waals surface area contributed by atoms with Crippen LogP contribution in [0.5, 0.6) is 5.75 Å². The first-order valence-corrected chi connectivity index (χ1v) is 10.6. The molecule has 5 rings (SSSR count). The highest BCUT2D eigenvalue weighted by Crippen LogP contribution is 2.39. The van der Waals surface area contributed by atoms with E-state index in [0.717, 1.165) is 36.0 Å². The van der Waals surface area contributed by atoms with E-state index in [1.54, 1.807) is 0 Å². The van der Waals surface area contributed by atoms with Gasteiger partial charge >= 0.3 is 0 Å². The fourth-order valence-corrected chi connectivity index (χ4v) is 4.49. The van der Waals surface area contributed by atoms with E-state index in [9.17, 15) is 5.26 Å². The van der Waals surface area contributed by atoms with Crippen molar-refractivity contribution in [1.82, 2.24) is 4.98 Å². The summed E-state index contributed by atoms with van der Waals surface area (Å²) < 4.78 is 11.5. The SMILES string of the molecule is N#Cc1c2c(cc3nc(-c4cccc(-c5ccc(OCCO)cc5)c4Cl)oc13)CCC2. The first kappa shape index (κ1) is 19.6. The Kier molecular flexibility index (Phi) is 5.11. The van der Waals surface area contributed by atoms with Gasteiger partial charge in [-0.2, -0.15) is 5.26 Å². The van der Waals surface area contributed by atoms with Gasteiger partial charge in [0.05, 0.1) is 17.2 Å². The van der Waals surface area contributed by atoms with E-state index in [4.69, 9.17) is 25.9 Å². The number of fused-ring (bicyclic) bond motifs is 2. The Morgan fingerprint density at radius 3 is 2.71 bits per heavy atom. The Morgan fingerprint density at radius 2 is 1.94 bits per heavy atom. The maximum Gasteiger partial charge on any atom is 0.228 e. The molecule has 1 heterocycles. The fourth-order valence-electron chi connectivity index (χ4n) is 4.17. The van der Waals surface area contributed by atoms with Crippen LogP contribution in [0.15, 0.2) is 52.9 Å². The fraction of sp³-hybridized carbons (Fsp3) is 0.200. The summed E-state index contributed by atoms with van der Waals surface area (Å²) in [6, 6.07) is 17.6. The monoisotopic (exact) mass is 430 g/mol. The zero-order valence-corrected chi connectivity index (χ0v) is 17.4. The van der Waals surface area contributed by atoms with Crippen molar-refractivity contribution >= 4 is 22.7 Å². The van der Waals surface area contributed by atoms with Crippen LogP contribution < -0.4 is 4.74 Å². The molecule has 1 N–H and O–H groups in total. The highest BCUT2D eigenvalue weighted by atomic mass is 35.5. The zero-order valence-electron chi connectivity index (χ0n) is 16.7. The third-order valence-corrected chi connectivity index (χ3v) is 6.03. The molecule has 0 unspecified atom stereocenters. The quantitative estimate of drug-likeness (QED) is 0.449. The maximum atomic E-state index is 9.72. The zero-order chi connectivity index (χ0) is 21.4. The number of aromatic nitrogens is 1. The average Bonchev–Trinajstić information content (AvgIpc) is 3.43. The largest absolute Gasteiger partial charge is 0.491 e. The second kappa shape index (κ2) is 8.07. The molecule has 1 aromatic heterocycles. The van der Waals surface area contributed by atoms with E-state index in [2.05, 4.69) is 11.1 Å². The number of aliphatic hydroxyl groups is 1. The van der Waals surface area contributed by atoms with Gasteiger partial charge in [0, 0.05) is 5.56 Å². The number of rotatable bonds is 5. The van der Waals surface area contributed by atoms with Gasteiger partial charge in [-0.25, -0.2) is 4.98 Å². The highest BCUT2D eigenvalue weighted by molar-refractivity contribution is 6.36. The lowest BCUT2D eigenvalue weighted by molar-refractivity contribution is 0.201. The molecule has 0 amide bonds. The number of hydrogen-bond donors (Lipinski definition) is 1. The number of benzene rings is 3. The van der Waals surface area contributed by atoms with Gasteiger partial charge in [0.15, 0.2) is 5.58 Å². The summed E-state index contributed by atoms with van der Waals surface area (Å²) in [4.78, 5) is 4.67. The summed E-state index contributed by atoms with van der Waals surface area (Å²) >= 11 is 6.77. The second-order valence-corrected chi connectivity index (χ2v) is 7.86. The van der Waals surface area contributed by atoms with E-state index < -0.39 is 0 Å². The second-order valence-electron chi connectivity index (χ2n) is 7.49. The minimum absolute atomic E-state index is 0.0311. The molecule has 0 radical (unpaired) electrons. The number of nitriles is 1. The first-order valence-electron chi connectivity index (χ1n) is 10.2. The first-order chi connectivity index (χ1) is 15.2. The lowest BCUT2D eigenvalue weighted by atomic mass is 10.0. The predicted molar refractivity (Wildman–Crippen MR) is 119 cm³/mol. The molecule has 0 fully saturated rings. The Labute approximate surface area is 184 Å². The summed E-state index contributed by atoms with van der Waals surface area (Å²) in [5, 5.41) is 19.1. The van der Waals surface area contributed by atoms with Crippen LogP contribution in [-0.2, 0) is 12.8 Å². The van der Waals surface area contributed by atoms with Gasteiger partial charge in [0.25, 0.3) is 0 Å². The van der Waals surface area contributed by atoms with Crippen LogP contribution >= 0.6 is 11.6 Å². The summed E-state index contributed by atoms with van der Waals surface area (Å²) in [7, 11) is 0. The normalized spacial score (nSPS) is 12.7. The highest BCUT2D eigenvalue weighted by Gasteiger charge is 2.23. The van der Waals surface area contributed by atoms with Crippen molar-refractivity contribution in [3.63, 3.8) is 0 Å². The minimum atomic E-state index is -0.0311. The summed E-state index contributed by atoms with van der Waals surface area (Å²) in [6.45, 7) is 0.220. The standard InChI is InChI=1S/C25H19ClN2O3/c26-23-19(15-7-9-17(10-8-15)30-12-11-29)5-2-6-20(23)25-28-22-13-16-3-1-4-18(16)21(14-27)24(22)31-25/h2,5-10,13,29H,1,3-4,11-12H2. The Morgan fingerprint density at radius 1 is 1.13 bits per heavy atom. The number of nitrogens with zero attached hydrogens (tertiary/aromatic N) is 2. The Bertz CT molecular complexity index is 1320. The van der Waals surface area contributed by atoms with Gasteiger partial charge in [-0.3, -0.25) is 0 Å². The molecule has 31 heavy (non-hydrogen) atoms. The van der Waals surface area contributed by atoms with Gasteiger partial charge in [-0.05, 0) is 60.2 Å². The number of aryl methyl sites for hydroxylation is 1. The van der Waals surface area contributed by atoms with Crippen LogP contribution in [0.4, 0.5) is 0 Å². The van der Waals surface area contributed by atoms with Gasteiger partial charge in [0.1, 0.15) is 29.5 Å². The summed E-state index contributed by atoms with van der Waals surface area (Å²) in [6.07, 6.45) is 2.93. The van der Waals surface area contributed by atoms with Gasteiger partial charge in [-0.1, -0.05) is 35.9 Å². The minimum Gasteiger partial charge on any atom is -0.491 e. The van der Waals surface area contributed by atoms with E-state index in [0.29, 0.717) is 38.9 Å². The molecule has 0 bridgehead atoms. The van der Waals surface area contributed by atoms with Crippen LogP contribution in [0, 0.1) is 11.3 Å². The van der Waals surface area contributed by atoms with Crippen molar-refractivity contribution in [2.75, 3.05) is 13.2 Å². The van der Waals surface area contributed by atoms with E-state index in [1.165, 1.54) is 5.56 Å². The smallest absolute Gasteiger partial charge is 0.228 e. The number of halogens is 1. The molecule has 154 valence electrons. The molecule has 0 saturated heterocycles. The molecule has 0 spiro atoms. The molecule has 1 aliphatic carbocycles. The summed E-state index contributed by atoms with van der Waals surface area (Å²) in [5.41, 5.74) is 6.54. The molecule has 5 nitrogen and oxygen atoms in total.